The standard InChI is InChI=1S/C15H25N3/c1-17(2)9-4-10-18(3)15-8-7-13(11-14(15)16)12-5-6-12/h7-8,11-12H,4-6,9-10,16H2,1-3H3. The lowest BCUT2D eigenvalue weighted by atomic mass is 10.1. The summed E-state index contributed by atoms with van der Waals surface area (Å²) in [6, 6.07) is 6.58. The molecule has 0 atom stereocenters. The van der Waals surface area contributed by atoms with E-state index >= 15 is 0 Å². The van der Waals surface area contributed by atoms with Gasteiger partial charge in [0.05, 0.1) is 11.4 Å². The van der Waals surface area contributed by atoms with Crippen LogP contribution < -0.4 is 10.6 Å². The van der Waals surface area contributed by atoms with E-state index in [2.05, 4.69) is 49.1 Å². The highest BCUT2D eigenvalue weighted by atomic mass is 15.1. The van der Waals surface area contributed by atoms with Gasteiger partial charge in [-0.25, -0.2) is 0 Å². The first-order chi connectivity index (χ1) is 8.58. The lowest BCUT2D eigenvalue weighted by molar-refractivity contribution is 0.402. The second-order valence-corrected chi connectivity index (χ2v) is 5.67. The Balaban J connectivity index is 1.94. The molecule has 0 aliphatic heterocycles. The van der Waals surface area contributed by atoms with Gasteiger partial charge in [0.2, 0.25) is 0 Å². The maximum Gasteiger partial charge on any atom is 0.0597 e. The molecule has 2 rings (SSSR count). The van der Waals surface area contributed by atoms with Gasteiger partial charge in [0.25, 0.3) is 0 Å². The molecular weight excluding hydrogens is 222 g/mol. The van der Waals surface area contributed by atoms with E-state index in [1.807, 2.05) is 0 Å². The highest BCUT2D eigenvalue weighted by Gasteiger charge is 2.24. The maximum absolute atomic E-state index is 6.17. The molecule has 1 aliphatic rings. The molecule has 0 heterocycles. The molecule has 3 nitrogen and oxygen atoms in total. The number of nitrogens with zero attached hydrogens (tertiary/aromatic N) is 2. The van der Waals surface area contributed by atoms with Gasteiger partial charge < -0.3 is 15.5 Å². The number of nitrogen functional groups attached to an aromatic ring is 1. The number of nitrogens with two attached hydrogens (primary N) is 1. The van der Waals surface area contributed by atoms with Gasteiger partial charge in [0, 0.05) is 13.6 Å². The van der Waals surface area contributed by atoms with Crippen molar-refractivity contribution in [3.05, 3.63) is 23.8 Å². The van der Waals surface area contributed by atoms with Gasteiger partial charge in [-0.15, -0.1) is 0 Å². The summed E-state index contributed by atoms with van der Waals surface area (Å²) in [7, 11) is 6.34. The molecule has 0 saturated heterocycles. The van der Waals surface area contributed by atoms with Crippen LogP contribution in [-0.2, 0) is 0 Å². The maximum atomic E-state index is 6.17. The van der Waals surface area contributed by atoms with Gasteiger partial charge in [-0.1, -0.05) is 6.07 Å². The first-order valence-corrected chi connectivity index (χ1v) is 6.83. The summed E-state index contributed by atoms with van der Waals surface area (Å²) < 4.78 is 0. The fourth-order valence-corrected chi connectivity index (χ4v) is 2.34. The van der Waals surface area contributed by atoms with Crippen LogP contribution in [0.4, 0.5) is 11.4 Å². The van der Waals surface area contributed by atoms with Gasteiger partial charge in [0.1, 0.15) is 0 Å². The van der Waals surface area contributed by atoms with Gasteiger partial charge in [-0.05, 0) is 63.5 Å². The first kappa shape index (κ1) is 13.2. The van der Waals surface area contributed by atoms with Crippen LogP contribution in [0.25, 0.3) is 0 Å². The number of anilines is 2. The zero-order chi connectivity index (χ0) is 13.1. The third kappa shape index (κ3) is 3.39. The Labute approximate surface area is 111 Å². The Morgan fingerprint density at radius 1 is 1.17 bits per heavy atom. The SMILES string of the molecule is CN(C)CCCN(C)c1ccc(C2CC2)cc1N. The summed E-state index contributed by atoms with van der Waals surface area (Å²) in [4.78, 5) is 4.48. The monoisotopic (exact) mass is 247 g/mol. The Morgan fingerprint density at radius 3 is 2.44 bits per heavy atom. The van der Waals surface area contributed by atoms with Crippen LogP contribution in [0.2, 0.25) is 0 Å². The molecule has 1 aliphatic carbocycles. The van der Waals surface area contributed by atoms with E-state index in [-0.39, 0.29) is 0 Å². The summed E-state index contributed by atoms with van der Waals surface area (Å²) in [5, 5.41) is 0. The van der Waals surface area contributed by atoms with Gasteiger partial charge in [-0.3, -0.25) is 0 Å². The van der Waals surface area contributed by atoms with Crippen LogP contribution in [0, 0.1) is 0 Å². The van der Waals surface area contributed by atoms with E-state index < -0.39 is 0 Å². The van der Waals surface area contributed by atoms with Crippen molar-refractivity contribution in [2.24, 2.45) is 0 Å². The molecule has 0 radical (unpaired) electrons. The number of rotatable bonds is 6. The third-order valence-corrected chi connectivity index (χ3v) is 3.61. The molecule has 0 bridgehead atoms. The predicted octanol–water partition coefficient (Wildman–Crippen LogP) is 2.53. The normalized spacial score (nSPS) is 15.1. The quantitative estimate of drug-likeness (QED) is 0.784. The fourth-order valence-electron chi connectivity index (χ4n) is 2.34. The fraction of sp³-hybridized carbons (Fsp3) is 0.600. The van der Waals surface area contributed by atoms with Crippen molar-refractivity contribution in [1.82, 2.24) is 4.90 Å². The van der Waals surface area contributed by atoms with Crippen LogP contribution >= 0.6 is 0 Å². The topological polar surface area (TPSA) is 32.5 Å². The number of benzene rings is 1. The van der Waals surface area contributed by atoms with Crippen LogP contribution in [0.15, 0.2) is 18.2 Å². The number of hydrogen-bond acceptors (Lipinski definition) is 3. The minimum Gasteiger partial charge on any atom is -0.397 e. The largest absolute Gasteiger partial charge is 0.397 e. The van der Waals surface area contributed by atoms with Crippen LogP contribution in [0.3, 0.4) is 0 Å². The van der Waals surface area contributed by atoms with Crippen molar-refractivity contribution in [2.45, 2.75) is 25.2 Å². The highest BCUT2D eigenvalue weighted by Crippen LogP contribution is 2.41. The molecule has 18 heavy (non-hydrogen) atoms. The third-order valence-electron chi connectivity index (χ3n) is 3.61. The van der Waals surface area contributed by atoms with Crippen molar-refractivity contribution in [2.75, 3.05) is 44.9 Å². The second kappa shape index (κ2) is 5.61. The Hall–Kier alpha value is -1.22. The molecule has 1 aromatic carbocycles. The lowest BCUT2D eigenvalue weighted by Crippen LogP contribution is -2.24. The molecule has 100 valence electrons. The van der Waals surface area contributed by atoms with Crippen LogP contribution in [-0.4, -0.2) is 39.1 Å². The average Bonchev–Trinajstić information content (AvgIpc) is 3.11. The smallest absolute Gasteiger partial charge is 0.0597 e. The van der Waals surface area contributed by atoms with E-state index in [1.54, 1.807) is 0 Å². The Kier molecular flexibility index (Phi) is 4.12. The van der Waals surface area contributed by atoms with Crippen LogP contribution in [0.1, 0.15) is 30.7 Å². The lowest BCUT2D eigenvalue weighted by Gasteiger charge is -2.22. The summed E-state index contributed by atoms with van der Waals surface area (Å²) in [6.45, 7) is 2.16. The minimum absolute atomic E-state index is 0.778. The van der Waals surface area contributed by atoms with Crippen molar-refractivity contribution in [3.8, 4) is 0 Å². The summed E-state index contributed by atoms with van der Waals surface area (Å²) >= 11 is 0. The number of hydrogen-bond donors (Lipinski definition) is 1. The minimum atomic E-state index is 0.778. The molecule has 3 heteroatoms. The summed E-state index contributed by atoms with van der Waals surface area (Å²) in [6.07, 6.45) is 3.82. The van der Waals surface area contributed by atoms with Gasteiger partial charge >= 0.3 is 0 Å². The molecule has 2 N–H and O–H groups in total. The van der Waals surface area contributed by atoms with Crippen molar-refractivity contribution < 1.29 is 0 Å². The van der Waals surface area contributed by atoms with E-state index in [0.717, 1.165) is 36.8 Å². The molecule has 0 unspecified atom stereocenters. The molecule has 0 aromatic heterocycles. The van der Waals surface area contributed by atoms with E-state index in [4.69, 9.17) is 5.73 Å². The zero-order valence-electron chi connectivity index (χ0n) is 11.8. The van der Waals surface area contributed by atoms with E-state index in [0.29, 0.717) is 0 Å². The van der Waals surface area contributed by atoms with Crippen molar-refractivity contribution >= 4 is 11.4 Å². The highest BCUT2D eigenvalue weighted by molar-refractivity contribution is 5.68. The molecule has 1 saturated carbocycles. The second-order valence-electron chi connectivity index (χ2n) is 5.67. The van der Waals surface area contributed by atoms with Crippen molar-refractivity contribution in [3.63, 3.8) is 0 Å². The van der Waals surface area contributed by atoms with Crippen LogP contribution in [0.5, 0.6) is 0 Å². The molecule has 1 aromatic rings. The zero-order valence-corrected chi connectivity index (χ0v) is 11.8. The van der Waals surface area contributed by atoms with Gasteiger partial charge in [-0.2, -0.15) is 0 Å². The molecular formula is C15H25N3. The molecule has 0 amide bonds. The first-order valence-electron chi connectivity index (χ1n) is 6.83. The Bertz CT molecular complexity index is 397. The van der Waals surface area contributed by atoms with Gasteiger partial charge in [0.15, 0.2) is 0 Å². The van der Waals surface area contributed by atoms with Crippen molar-refractivity contribution in [1.29, 1.82) is 0 Å². The van der Waals surface area contributed by atoms with E-state index in [9.17, 15) is 0 Å². The molecule has 1 fully saturated rings. The Morgan fingerprint density at radius 2 is 1.89 bits per heavy atom. The average molecular weight is 247 g/mol. The summed E-state index contributed by atoms with van der Waals surface area (Å²) in [5.74, 6) is 0.778. The van der Waals surface area contributed by atoms with E-state index in [1.165, 1.54) is 18.4 Å². The predicted molar refractivity (Wildman–Crippen MR) is 79.3 cm³/mol. The summed E-state index contributed by atoms with van der Waals surface area (Å²) in [5.41, 5.74) is 9.67. The molecule has 0 spiro atoms.